The summed E-state index contributed by atoms with van der Waals surface area (Å²) in [4.78, 5) is 15.0. The monoisotopic (exact) mass is 526 g/mol. The normalized spacial score (nSPS) is 21.9. The number of unbranched alkanes of at least 4 members (excludes halogenated alkanes) is 1. The van der Waals surface area contributed by atoms with E-state index in [1.807, 2.05) is 31.4 Å². The molecule has 37 heavy (non-hydrogen) atoms. The number of ether oxygens (including phenoxy) is 2. The minimum Gasteiger partial charge on any atom is -0.491 e. The number of hydrogen-bond acceptors (Lipinski definition) is 4. The predicted molar refractivity (Wildman–Crippen MR) is 152 cm³/mol. The Morgan fingerprint density at radius 2 is 2.03 bits per heavy atom. The number of fused-ring (bicyclic) bond motifs is 1. The average Bonchev–Trinajstić information content (AvgIpc) is 3.07. The van der Waals surface area contributed by atoms with Gasteiger partial charge in [0.15, 0.2) is 0 Å². The number of methoxy groups -OCH3 is 1. The van der Waals surface area contributed by atoms with Crippen molar-refractivity contribution in [1.29, 1.82) is 0 Å². The van der Waals surface area contributed by atoms with Gasteiger partial charge in [-0.2, -0.15) is 0 Å². The lowest BCUT2D eigenvalue weighted by molar-refractivity contribution is -0.0216. The van der Waals surface area contributed by atoms with E-state index >= 15 is 0 Å². The molecule has 4 rings (SSSR count). The Morgan fingerprint density at radius 1 is 1.19 bits per heavy atom. The second-order valence-corrected chi connectivity index (χ2v) is 11.1. The summed E-state index contributed by atoms with van der Waals surface area (Å²) in [6.45, 7) is 6.84. The number of halogens is 1. The molecule has 2 aromatic carbocycles. The van der Waals surface area contributed by atoms with E-state index < -0.39 is 0 Å². The number of benzene rings is 2. The van der Waals surface area contributed by atoms with Gasteiger partial charge in [-0.1, -0.05) is 50.8 Å². The van der Waals surface area contributed by atoms with Crippen LogP contribution in [-0.2, 0) is 11.2 Å². The molecule has 1 fully saturated rings. The second kappa shape index (κ2) is 13.0. The van der Waals surface area contributed by atoms with E-state index in [9.17, 15) is 4.79 Å². The van der Waals surface area contributed by atoms with Crippen molar-refractivity contribution in [1.82, 2.24) is 5.32 Å². The minimum absolute atomic E-state index is 0.0768. The van der Waals surface area contributed by atoms with E-state index in [0.717, 1.165) is 48.8 Å². The first-order chi connectivity index (χ1) is 18.0. The smallest absolute Gasteiger partial charge is 0.251 e. The lowest BCUT2D eigenvalue weighted by Gasteiger charge is -2.44. The number of amides is 1. The summed E-state index contributed by atoms with van der Waals surface area (Å²) in [5, 5.41) is 3.55. The maximum absolute atomic E-state index is 12.5. The van der Waals surface area contributed by atoms with Crippen LogP contribution in [0.15, 0.2) is 36.4 Å². The molecule has 1 heterocycles. The molecule has 5 nitrogen and oxygen atoms in total. The van der Waals surface area contributed by atoms with Crippen LogP contribution in [0.1, 0.15) is 79.8 Å². The molecule has 0 spiro atoms. The third-order valence-electron chi connectivity index (χ3n) is 8.29. The van der Waals surface area contributed by atoms with Gasteiger partial charge in [0.2, 0.25) is 0 Å². The highest BCUT2D eigenvalue weighted by molar-refractivity contribution is 6.30. The molecule has 0 bridgehead atoms. The molecular formula is C31H43ClN2O3. The number of carbonyl (C=O) groups is 1. The van der Waals surface area contributed by atoms with Crippen molar-refractivity contribution >= 4 is 23.2 Å². The molecule has 2 aliphatic rings. The fourth-order valence-electron chi connectivity index (χ4n) is 6.11. The van der Waals surface area contributed by atoms with E-state index in [-0.39, 0.29) is 11.8 Å². The lowest BCUT2D eigenvalue weighted by Crippen LogP contribution is -2.45. The molecule has 0 radical (unpaired) electrons. The van der Waals surface area contributed by atoms with Gasteiger partial charge in [0.25, 0.3) is 5.91 Å². The summed E-state index contributed by atoms with van der Waals surface area (Å²) in [5.74, 6) is 2.14. The van der Waals surface area contributed by atoms with Gasteiger partial charge >= 0.3 is 0 Å². The van der Waals surface area contributed by atoms with E-state index in [0.29, 0.717) is 30.1 Å². The summed E-state index contributed by atoms with van der Waals surface area (Å²) < 4.78 is 12.4. The SMILES string of the molecule is CCCCC(OC)C1CCC1CN1CC(c2ccc(Cl)cc2CCC)COc2ccc(C(=O)NC)cc21. The molecular weight excluding hydrogens is 484 g/mol. The van der Waals surface area contributed by atoms with Crippen LogP contribution in [0.5, 0.6) is 5.75 Å². The first-order valence-corrected chi connectivity index (χ1v) is 14.4. The Bertz CT molecular complexity index is 1060. The van der Waals surface area contributed by atoms with Crippen molar-refractivity contribution in [3.8, 4) is 5.75 Å². The maximum atomic E-state index is 12.5. The fraction of sp³-hybridized carbons (Fsp3) is 0.581. The number of nitrogens with one attached hydrogen (secondary N) is 1. The van der Waals surface area contributed by atoms with Crippen molar-refractivity contribution in [3.05, 3.63) is 58.1 Å². The van der Waals surface area contributed by atoms with E-state index in [1.165, 1.54) is 36.8 Å². The zero-order valence-electron chi connectivity index (χ0n) is 22.9. The van der Waals surface area contributed by atoms with Crippen LogP contribution in [-0.4, -0.2) is 45.9 Å². The number of rotatable bonds is 11. The molecule has 0 saturated heterocycles. The van der Waals surface area contributed by atoms with Crippen molar-refractivity contribution in [2.45, 2.75) is 70.8 Å². The van der Waals surface area contributed by atoms with Crippen LogP contribution in [0.25, 0.3) is 0 Å². The summed E-state index contributed by atoms with van der Waals surface area (Å²) in [7, 11) is 3.54. The fourth-order valence-corrected chi connectivity index (χ4v) is 6.30. The quantitative estimate of drug-likeness (QED) is 0.347. The first-order valence-electron chi connectivity index (χ1n) is 14.0. The Kier molecular flexibility index (Phi) is 9.77. The molecule has 6 heteroatoms. The van der Waals surface area contributed by atoms with Crippen molar-refractivity contribution < 1.29 is 14.3 Å². The summed E-state index contributed by atoms with van der Waals surface area (Å²) >= 11 is 6.39. The van der Waals surface area contributed by atoms with E-state index in [4.69, 9.17) is 21.1 Å². The van der Waals surface area contributed by atoms with Crippen LogP contribution < -0.4 is 15.0 Å². The Balaban J connectivity index is 1.65. The molecule has 1 saturated carbocycles. The van der Waals surface area contributed by atoms with Crippen molar-refractivity contribution in [2.75, 3.05) is 38.8 Å². The topological polar surface area (TPSA) is 50.8 Å². The van der Waals surface area contributed by atoms with E-state index in [1.54, 1.807) is 7.05 Å². The largest absolute Gasteiger partial charge is 0.491 e. The highest BCUT2D eigenvalue weighted by Crippen LogP contribution is 2.43. The number of anilines is 1. The highest BCUT2D eigenvalue weighted by Gasteiger charge is 2.39. The highest BCUT2D eigenvalue weighted by atomic mass is 35.5. The molecule has 1 N–H and O–H groups in total. The molecule has 2 aromatic rings. The zero-order chi connectivity index (χ0) is 26.4. The number of carbonyl (C=O) groups excluding carboxylic acids is 1. The Hall–Kier alpha value is -2.24. The van der Waals surface area contributed by atoms with Crippen LogP contribution in [0.4, 0.5) is 5.69 Å². The van der Waals surface area contributed by atoms with Crippen LogP contribution in [0.2, 0.25) is 5.02 Å². The number of aryl methyl sites for hydroxylation is 1. The van der Waals surface area contributed by atoms with E-state index in [2.05, 4.69) is 36.2 Å². The van der Waals surface area contributed by atoms with Gasteiger partial charge in [-0.15, -0.1) is 0 Å². The van der Waals surface area contributed by atoms with Gasteiger partial charge in [0.1, 0.15) is 5.75 Å². The van der Waals surface area contributed by atoms with Gasteiger partial charge in [-0.25, -0.2) is 0 Å². The average molecular weight is 527 g/mol. The molecule has 0 aromatic heterocycles. The van der Waals surface area contributed by atoms with Crippen molar-refractivity contribution in [2.24, 2.45) is 11.8 Å². The predicted octanol–water partition coefficient (Wildman–Crippen LogP) is 6.87. The van der Waals surface area contributed by atoms with Gasteiger partial charge in [-0.05, 0) is 79.0 Å². The Morgan fingerprint density at radius 3 is 2.70 bits per heavy atom. The summed E-state index contributed by atoms with van der Waals surface area (Å²) in [6.07, 6.45) is 8.35. The molecule has 4 atom stereocenters. The first kappa shape index (κ1) is 27.8. The van der Waals surface area contributed by atoms with Gasteiger partial charge in [0, 0.05) is 43.8 Å². The molecule has 1 aliphatic heterocycles. The zero-order valence-corrected chi connectivity index (χ0v) is 23.7. The number of hydrogen-bond donors (Lipinski definition) is 1. The molecule has 1 amide bonds. The van der Waals surface area contributed by atoms with Crippen LogP contribution in [0.3, 0.4) is 0 Å². The third-order valence-corrected chi connectivity index (χ3v) is 8.52. The van der Waals surface area contributed by atoms with Crippen molar-refractivity contribution in [3.63, 3.8) is 0 Å². The van der Waals surface area contributed by atoms with Gasteiger partial charge in [0.05, 0.1) is 18.4 Å². The van der Waals surface area contributed by atoms with Gasteiger partial charge < -0.3 is 19.7 Å². The minimum atomic E-state index is -0.0768. The molecule has 202 valence electrons. The maximum Gasteiger partial charge on any atom is 0.251 e. The Labute approximate surface area is 227 Å². The molecule has 1 aliphatic carbocycles. The summed E-state index contributed by atoms with van der Waals surface area (Å²) in [5.41, 5.74) is 4.30. The molecule has 4 unspecified atom stereocenters. The standard InChI is InChI=1S/C31H43ClN2O3/c1-5-7-9-29(36-4)27-13-10-23(27)18-34-19-24(26-14-12-25(32)16-21(26)8-6-2)20-37-30-15-11-22(17-28(30)34)31(35)33-3/h11-12,14-17,23-24,27,29H,5-10,13,18-20H2,1-4H3,(H,33,35). The van der Waals surface area contributed by atoms with Crippen LogP contribution >= 0.6 is 11.6 Å². The second-order valence-electron chi connectivity index (χ2n) is 10.7. The third kappa shape index (κ3) is 6.43. The summed E-state index contributed by atoms with van der Waals surface area (Å²) in [6, 6.07) is 12.1. The van der Waals surface area contributed by atoms with Crippen LogP contribution in [0, 0.1) is 11.8 Å². The number of nitrogens with zero attached hydrogens (tertiary/aromatic N) is 1. The van der Waals surface area contributed by atoms with Gasteiger partial charge in [-0.3, -0.25) is 4.79 Å². The lowest BCUT2D eigenvalue weighted by atomic mass is 9.69.